The van der Waals surface area contributed by atoms with Gasteiger partial charge in [0.15, 0.2) is 5.78 Å². The average molecular weight is 302 g/mol. The molecule has 2 aliphatic rings. The lowest BCUT2D eigenvalue weighted by molar-refractivity contribution is -0.141. The van der Waals surface area contributed by atoms with Crippen LogP contribution in [0.5, 0.6) is 0 Å². The number of ketones is 1. The maximum absolute atomic E-state index is 12.3. The van der Waals surface area contributed by atoms with Crippen LogP contribution < -0.4 is 4.90 Å². The molecule has 0 saturated carbocycles. The van der Waals surface area contributed by atoms with E-state index in [0.717, 1.165) is 50.3 Å². The molecule has 3 rings (SSSR count). The van der Waals surface area contributed by atoms with Gasteiger partial charge in [-0.1, -0.05) is 0 Å². The summed E-state index contributed by atoms with van der Waals surface area (Å²) in [6.45, 7) is 5.37. The van der Waals surface area contributed by atoms with Crippen molar-refractivity contribution in [1.82, 2.24) is 4.90 Å². The number of anilines is 1. The number of piperazine rings is 1. The van der Waals surface area contributed by atoms with Crippen molar-refractivity contribution in [2.75, 3.05) is 37.7 Å². The molecule has 0 bridgehead atoms. The summed E-state index contributed by atoms with van der Waals surface area (Å²) >= 11 is 0. The van der Waals surface area contributed by atoms with Crippen LogP contribution >= 0.6 is 0 Å². The number of rotatable bonds is 3. The summed E-state index contributed by atoms with van der Waals surface area (Å²) in [4.78, 5) is 27.8. The zero-order chi connectivity index (χ0) is 15.5. The highest BCUT2D eigenvalue weighted by atomic mass is 16.5. The Kier molecular flexibility index (Phi) is 4.43. The van der Waals surface area contributed by atoms with Crippen molar-refractivity contribution in [3.8, 4) is 0 Å². The SMILES string of the molecule is CC(=O)c1ccc(N2CCN(C(=O)[C@@H]3CCCO3)CC2)cc1. The fraction of sp³-hybridized carbons (Fsp3) is 0.529. The summed E-state index contributed by atoms with van der Waals surface area (Å²) in [6.07, 6.45) is 1.62. The highest BCUT2D eigenvalue weighted by molar-refractivity contribution is 5.94. The van der Waals surface area contributed by atoms with Gasteiger partial charge in [-0.3, -0.25) is 9.59 Å². The summed E-state index contributed by atoms with van der Waals surface area (Å²) in [5, 5.41) is 0. The van der Waals surface area contributed by atoms with Crippen LogP contribution in [0.25, 0.3) is 0 Å². The van der Waals surface area contributed by atoms with Crippen molar-refractivity contribution < 1.29 is 14.3 Å². The molecule has 0 radical (unpaired) electrons. The van der Waals surface area contributed by atoms with Gasteiger partial charge in [0, 0.05) is 44.0 Å². The van der Waals surface area contributed by atoms with Gasteiger partial charge in [0.05, 0.1) is 0 Å². The predicted molar refractivity (Wildman–Crippen MR) is 84.2 cm³/mol. The minimum Gasteiger partial charge on any atom is -0.368 e. The summed E-state index contributed by atoms with van der Waals surface area (Å²) in [5.74, 6) is 0.225. The molecule has 5 nitrogen and oxygen atoms in total. The molecule has 0 aromatic heterocycles. The van der Waals surface area contributed by atoms with Crippen LogP contribution in [-0.2, 0) is 9.53 Å². The van der Waals surface area contributed by atoms with Gasteiger partial charge in [0.1, 0.15) is 6.10 Å². The molecular formula is C17H22N2O3. The Morgan fingerprint density at radius 2 is 1.77 bits per heavy atom. The van der Waals surface area contributed by atoms with E-state index in [9.17, 15) is 9.59 Å². The molecule has 2 heterocycles. The minimum absolute atomic E-state index is 0.0820. The molecule has 2 aliphatic heterocycles. The van der Waals surface area contributed by atoms with Crippen molar-refractivity contribution in [3.05, 3.63) is 29.8 Å². The number of Topliss-reactive ketones (excluding diaryl/α,β-unsaturated/α-hetero) is 1. The Balaban J connectivity index is 1.57. The molecule has 1 amide bonds. The third-order valence-electron chi connectivity index (χ3n) is 4.44. The molecule has 22 heavy (non-hydrogen) atoms. The average Bonchev–Trinajstić information content (AvgIpc) is 3.09. The molecule has 1 aromatic rings. The van der Waals surface area contributed by atoms with Gasteiger partial charge in [-0.05, 0) is 44.0 Å². The number of amides is 1. The maximum Gasteiger partial charge on any atom is 0.251 e. The summed E-state index contributed by atoms with van der Waals surface area (Å²) in [5.41, 5.74) is 1.84. The van der Waals surface area contributed by atoms with Crippen LogP contribution in [-0.4, -0.2) is 55.5 Å². The number of carbonyl (C=O) groups is 2. The van der Waals surface area contributed by atoms with E-state index in [-0.39, 0.29) is 17.8 Å². The highest BCUT2D eigenvalue weighted by Crippen LogP contribution is 2.20. The molecule has 5 heteroatoms. The van der Waals surface area contributed by atoms with E-state index in [1.54, 1.807) is 6.92 Å². The van der Waals surface area contributed by atoms with Crippen LogP contribution in [0.4, 0.5) is 5.69 Å². The number of ether oxygens (including phenoxy) is 1. The smallest absolute Gasteiger partial charge is 0.251 e. The number of benzene rings is 1. The zero-order valence-electron chi connectivity index (χ0n) is 13.0. The normalized spacial score (nSPS) is 22.0. The van der Waals surface area contributed by atoms with Crippen LogP contribution in [0, 0.1) is 0 Å². The third-order valence-corrected chi connectivity index (χ3v) is 4.44. The first-order valence-electron chi connectivity index (χ1n) is 7.91. The molecule has 2 fully saturated rings. The lowest BCUT2D eigenvalue weighted by Crippen LogP contribution is -2.51. The van der Waals surface area contributed by atoms with Crippen LogP contribution in [0.3, 0.4) is 0 Å². The molecule has 1 aromatic carbocycles. The van der Waals surface area contributed by atoms with Crippen molar-refractivity contribution in [3.63, 3.8) is 0 Å². The fourth-order valence-electron chi connectivity index (χ4n) is 3.07. The predicted octanol–water partition coefficient (Wildman–Crippen LogP) is 1.72. The first-order chi connectivity index (χ1) is 10.6. The van der Waals surface area contributed by atoms with Crippen molar-refractivity contribution >= 4 is 17.4 Å². The van der Waals surface area contributed by atoms with Crippen molar-refractivity contribution in [2.24, 2.45) is 0 Å². The van der Waals surface area contributed by atoms with E-state index in [1.807, 2.05) is 29.2 Å². The van der Waals surface area contributed by atoms with Crippen molar-refractivity contribution in [1.29, 1.82) is 0 Å². The lowest BCUT2D eigenvalue weighted by atomic mass is 10.1. The fourth-order valence-corrected chi connectivity index (χ4v) is 3.07. The van der Waals surface area contributed by atoms with E-state index in [0.29, 0.717) is 6.61 Å². The summed E-state index contributed by atoms with van der Waals surface area (Å²) in [6, 6.07) is 7.69. The van der Waals surface area contributed by atoms with Gasteiger partial charge < -0.3 is 14.5 Å². The monoisotopic (exact) mass is 302 g/mol. The number of hydrogen-bond donors (Lipinski definition) is 0. The molecule has 0 N–H and O–H groups in total. The number of nitrogens with zero attached hydrogens (tertiary/aromatic N) is 2. The third kappa shape index (κ3) is 3.14. The Labute approximate surface area is 130 Å². The van der Waals surface area contributed by atoms with Crippen LogP contribution in [0.1, 0.15) is 30.1 Å². The Bertz CT molecular complexity index is 542. The Hall–Kier alpha value is -1.88. The quantitative estimate of drug-likeness (QED) is 0.798. The van der Waals surface area contributed by atoms with Gasteiger partial charge in [-0.25, -0.2) is 0 Å². The maximum atomic E-state index is 12.3. The highest BCUT2D eigenvalue weighted by Gasteiger charge is 2.30. The lowest BCUT2D eigenvalue weighted by Gasteiger charge is -2.37. The first kappa shape index (κ1) is 15.0. The van der Waals surface area contributed by atoms with E-state index in [4.69, 9.17) is 4.74 Å². The second kappa shape index (κ2) is 6.48. The van der Waals surface area contributed by atoms with E-state index in [2.05, 4.69) is 4.90 Å². The summed E-state index contributed by atoms with van der Waals surface area (Å²) < 4.78 is 5.48. The topological polar surface area (TPSA) is 49.9 Å². The molecule has 1 atom stereocenters. The van der Waals surface area contributed by atoms with Crippen LogP contribution in [0.15, 0.2) is 24.3 Å². The standard InChI is InChI=1S/C17H22N2O3/c1-13(20)14-4-6-15(7-5-14)18-8-10-19(11-9-18)17(21)16-3-2-12-22-16/h4-7,16H,2-3,8-12H2,1H3/t16-/m0/s1. The van der Waals surface area contributed by atoms with E-state index < -0.39 is 0 Å². The summed E-state index contributed by atoms with van der Waals surface area (Å²) in [7, 11) is 0. The van der Waals surface area contributed by atoms with E-state index in [1.165, 1.54) is 0 Å². The van der Waals surface area contributed by atoms with Crippen LogP contribution in [0.2, 0.25) is 0 Å². The molecular weight excluding hydrogens is 280 g/mol. The zero-order valence-corrected chi connectivity index (χ0v) is 13.0. The van der Waals surface area contributed by atoms with Gasteiger partial charge in [-0.15, -0.1) is 0 Å². The Morgan fingerprint density at radius 3 is 2.32 bits per heavy atom. The van der Waals surface area contributed by atoms with Gasteiger partial charge in [-0.2, -0.15) is 0 Å². The molecule has 0 unspecified atom stereocenters. The first-order valence-corrected chi connectivity index (χ1v) is 7.91. The second-order valence-corrected chi connectivity index (χ2v) is 5.92. The second-order valence-electron chi connectivity index (χ2n) is 5.92. The molecule has 0 spiro atoms. The minimum atomic E-state index is -0.221. The van der Waals surface area contributed by atoms with Gasteiger partial charge in [0.25, 0.3) is 5.91 Å². The van der Waals surface area contributed by atoms with Gasteiger partial charge in [0.2, 0.25) is 0 Å². The van der Waals surface area contributed by atoms with E-state index >= 15 is 0 Å². The van der Waals surface area contributed by atoms with Gasteiger partial charge >= 0.3 is 0 Å². The Morgan fingerprint density at radius 1 is 1.09 bits per heavy atom. The molecule has 2 saturated heterocycles. The number of carbonyl (C=O) groups excluding carboxylic acids is 2. The number of hydrogen-bond acceptors (Lipinski definition) is 4. The van der Waals surface area contributed by atoms with Crippen molar-refractivity contribution in [2.45, 2.75) is 25.9 Å². The molecule has 118 valence electrons. The largest absolute Gasteiger partial charge is 0.368 e. The molecule has 0 aliphatic carbocycles.